The topological polar surface area (TPSA) is 61.9 Å². The number of H-pyrrole nitrogens is 1. The van der Waals surface area contributed by atoms with Gasteiger partial charge in [0, 0.05) is 17.9 Å². The molecule has 9 heteroatoms. The summed E-state index contributed by atoms with van der Waals surface area (Å²) in [5.41, 5.74) is 0.561. The van der Waals surface area contributed by atoms with Crippen molar-refractivity contribution in [2.75, 3.05) is 18.1 Å². The molecule has 1 aliphatic heterocycles. The molecule has 5 nitrogen and oxygen atoms in total. The van der Waals surface area contributed by atoms with Gasteiger partial charge in [-0.25, -0.2) is 9.37 Å². The average molecular weight is 407 g/mol. The standard InChI is InChI=1S/C17H15FN4OS3/c18-12-5-2-1-4-11(12)16-22(7-9-25-16)14(23)10-26-17-19-15(20-21-17)13-6-3-8-24-13/h1-6,8,16H,7,9-10H2,(H,19,20,21)/t16-/m0/s1. The number of hydrogen-bond donors (Lipinski definition) is 1. The van der Waals surface area contributed by atoms with E-state index in [1.807, 2.05) is 17.5 Å². The number of halogens is 1. The summed E-state index contributed by atoms with van der Waals surface area (Å²) >= 11 is 4.46. The SMILES string of the molecule is O=C(CSc1n[nH]c(-c2cccs2)n1)N1CCS[C@H]1c1ccccc1F. The highest BCUT2D eigenvalue weighted by molar-refractivity contribution is 8.00. The zero-order valence-corrected chi connectivity index (χ0v) is 16.0. The van der Waals surface area contributed by atoms with Crippen molar-refractivity contribution in [3.8, 4) is 10.7 Å². The Bertz CT molecular complexity index is 899. The first kappa shape index (κ1) is 17.6. The second-order valence-corrected chi connectivity index (χ2v) is 8.64. The van der Waals surface area contributed by atoms with Gasteiger partial charge >= 0.3 is 0 Å². The number of thioether (sulfide) groups is 2. The number of carbonyl (C=O) groups excluding carboxylic acids is 1. The van der Waals surface area contributed by atoms with Gasteiger partial charge in [0.2, 0.25) is 11.1 Å². The molecule has 0 saturated carbocycles. The molecule has 1 aromatic carbocycles. The molecule has 3 aromatic rings. The zero-order valence-electron chi connectivity index (χ0n) is 13.6. The Labute approximate surface area is 162 Å². The average Bonchev–Trinajstić information content (AvgIpc) is 3.40. The van der Waals surface area contributed by atoms with Crippen molar-refractivity contribution < 1.29 is 9.18 Å². The van der Waals surface area contributed by atoms with Crippen molar-refractivity contribution in [1.82, 2.24) is 20.1 Å². The summed E-state index contributed by atoms with van der Waals surface area (Å²) in [7, 11) is 0. The lowest BCUT2D eigenvalue weighted by Crippen LogP contribution is -2.32. The van der Waals surface area contributed by atoms with E-state index in [1.165, 1.54) is 17.8 Å². The van der Waals surface area contributed by atoms with Crippen molar-refractivity contribution in [2.24, 2.45) is 0 Å². The van der Waals surface area contributed by atoms with E-state index in [1.54, 1.807) is 46.2 Å². The largest absolute Gasteiger partial charge is 0.325 e. The molecule has 2 aromatic heterocycles. The summed E-state index contributed by atoms with van der Waals surface area (Å²) in [4.78, 5) is 19.8. The fraction of sp³-hybridized carbons (Fsp3) is 0.235. The predicted octanol–water partition coefficient (Wildman–Crippen LogP) is 4.04. The molecule has 0 aliphatic carbocycles. The van der Waals surface area contributed by atoms with Crippen LogP contribution in [0.15, 0.2) is 46.9 Å². The number of thiophene rings is 1. The number of hydrogen-bond acceptors (Lipinski definition) is 6. The smallest absolute Gasteiger partial charge is 0.234 e. The summed E-state index contributed by atoms with van der Waals surface area (Å²) in [5, 5.41) is 9.30. The Hall–Kier alpha value is -1.84. The molecule has 1 atom stereocenters. The summed E-state index contributed by atoms with van der Waals surface area (Å²) in [5.74, 6) is 1.43. The third kappa shape index (κ3) is 3.65. The van der Waals surface area contributed by atoms with E-state index in [2.05, 4.69) is 15.2 Å². The van der Waals surface area contributed by atoms with E-state index in [4.69, 9.17) is 0 Å². The minimum atomic E-state index is -0.271. The molecule has 0 bridgehead atoms. The molecule has 0 radical (unpaired) electrons. The number of nitrogens with zero attached hydrogens (tertiary/aromatic N) is 3. The predicted molar refractivity (Wildman–Crippen MR) is 104 cm³/mol. The van der Waals surface area contributed by atoms with Crippen LogP contribution in [0.25, 0.3) is 10.7 Å². The summed E-state index contributed by atoms with van der Waals surface area (Å²) in [6.45, 7) is 0.623. The van der Waals surface area contributed by atoms with Crippen molar-refractivity contribution in [3.05, 3.63) is 53.2 Å². The first-order chi connectivity index (χ1) is 12.7. The van der Waals surface area contributed by atoms with Crippen LogP contribution in [-0.2, 0) is 4.79 Å². The van der Waals surface area contributed by atoms with E-state index in [0.29, 0.717) is 23.1 Å². The van der Waals surface area contributed by atoms with Gasteiger partial charge in [0.05, 0.1) is 10.6 Å². The van der Waals surface area contributed by atoms with Gasteiger partial charge in [-0.15, -0.1) is 28.2 Å². The quantitative estimate of drug-likeness (QED) is 0.648. The van der Waals surface area contributed by atoms with Crippen LogP contribution in [0.3, 0.4) is 0 Å². The molecule has 1 saturated heterocycles. The lowest BCUT2D eigenvalue weighted by atomic mass is 10.2. The Morgan fingerprint density at radius 3 is 3.04 bits per heavy atom. The fourth-order valence-corrected chi connectivity index (χ4v) is 5.35. The fourth-order valence-electron chi connectivity index (χ4n) is 2.70. The van der Waals surface area contributed by atoms with Crippen LogP contribution in [0.2, 0.25) is 0 Å². The van der Waals surface area contributed by atoms with Gasteiger partial charge in [0.25, 0.3) is 0 Å². The number of aromatic amines is 1. The second kappa shape index (κ2) is 7.81. The molecule has 1 N–H and O–H groups in total. The van der Waals surface area contributed by atoms with Crippen molar-refractivity contribution >= 4 is 40.8 Å². The van der Waals surface area contributed by atoms with Gasteiger partial charge in [0.15, 0.2) is 5.82 Å². The number of aromatic nitrogens is 3. The highest BCUT2D eigenvalue weighted by Crippen LogP contribution is 2.39. The monoisotopic (exact) mass is 406 g/mol. The van der Waals surface area contributed by atoms with Gasteiger partial charge in [0.1, 0.15) is 11.2 Å². The maximum absolute atomic E-state index is 14.1. The number of nitrogens with one attached hydrogen (secondary N) is 1. The zero-order chi connectivity index (χ0) is 17.9. The maximum Gasteiger partial charge on any atom is 0.234 e. The molecule has 26 heavy (non-hydrogen) atoms. The first-order valence-corrected chi connectivity index (χ1v) is 10.9. The normalized spacial score (nSPS) is 17.0. The van der Waals surface area contributed by atoms with E-state index < -0.39 is 0 Å². The van der Waals surface area contributed by atoms with Crippen LogP contribution in [0.5, 0.6) is 0 Å². The van der Waals surface area contributed by atoms with Gasteiger partial charge in [-0.1, -0.05) is 36.0 Å². The second-order valence-electron chi connectivity index (χ2n) is 5.56. The van der Waals surface area contributed by atoms with Gasteiger partial charge < -0.3 is 4.90 Å². The maximum atomic E-state index is 14.1. The Kier molecular flexibility index (Phi) is 5.28. The van der Waals surface area contributed by atoms with Crippen molar-refractivity contribution in [1.29, 1.82) is 0 Å². The van der Waals surface area contributed by atoms with Gasteiger partial charge in [-0.05, 0) is 17.5 Å². The Balaban J connectivity index is 1.41. The lowest BCUT2D eigenvalue weighted by Gasteiger charge is -2.24. The molecule has 1 aliphatic rings. The third-order valence-electron chi connectivity index (χ3n) is 3.93. The molecule has 0 unspecified atom stereocenters. The minimum absolute atomic E-state index is 0.0317. The van der Waals surface area contributed by atoms with Gasteiger partial charge in [-0.3, -0.25) is 9.89 Å². The van der Waals surface area contributed by atoms with Crippen LogP contribution >= 0.6 is 34.9 Å². The number of benzene rings is 1. The summed E-state index contributed by atoms with van der Waals surface area (Å²) in [6, 6.07) is 10.6. The molecule has 1 amide bonds. The molecule has 0 spiro atoms. The summed E-state index contributed by atoms with van der Waals surface area (Å²) in [6.07, 6.45) is 0. The lowest BCUT2D eigenvalue weighted by molar-refractivity contribution is -0.128. The van der Waals surface area contributed by atoms with E-state index in [0.717, 1.165) is 10.6 Å². The number of amides is 1. The van der Waals surface area contributed by atoms with Gasteiger partial charge in [-0.2, -0.15) is 0 Å². The molecular weight excluding hydrogens is 391 g/mol. The minimum Gasteiger partial charge on any atom is -0.325 e. The Morgan fingerprint density at radius 1 is 1.35 bits per heavy atom. The molecule has 3 heterocycles. The van der Waals surface area contributed by atoms with Crippen LogP contribution in [0.4, 0.5) is 4.39 Å². The highest BCUT2D eigenvalue weighted by atomic mass is 32.2. The Morgan fingerprint density at radius 2 is 2.23 bits per heavy atom. The van der Waals surface area contributed by atoms with E-state index in [9.17, 15) is 9.18 Å². The van der Waals surface area contributed by atoms with Crippen molar-refractivity contribution in [2.45, 2.75) is 10.5 Å². The third-order valence-corrected chi connectivity index (χ3v) is 6.88. The molecule has 4 rings (SSSR count). The van der Waals surface area contributed by atoms with Crippen LogP contribution in [0.1, 0.15) is 10.9 Å². The number of carbonyl (C=O) groups is 1. The first-order valence-electron chi connectivity index (χ1n) is 7.97. The van der Waals surface area contributed by atoms with Crippen molar-refractivity contribution in [3.63, 3.8) is 0 Å². The van der Waals surface area contributed by atoms with Crippen LogP contribution in [-0.4, -0.2) is 44.0 Å². The van der Waals surface area contributed by atoms with Crippen LogP contribution < -0.4 is 0 Å². The van der Waals surface area contributed by atoms with E-state index >= 15 is 0 Å². The molecular formula is C17H15FN4OS3. The van der Waals surface area contributed by atoms with E-state index in [-0.39, 0.29) is 22.9 Å². The highest BCUT2D eigenvalue weighted by Gasteiger charge is 2.32. The van der Waals surface area contributed by atoms with Crippen LogP contribution in [0, 0.1) is 5.82 Å². The molecule has 1 fully saturated rings. The number of rotatable bonds is 5. The molecule has 134 valence electrons. The summed E-state index contributed by atoms with van der Waals surface area (Å²) < 4.78 is 14.1.